The Morgan fingerprint density at radius 2 is 2.13 bits per heavy atom. The van der Waals surface area contributed by atoms with Crippen molar-refractivity contribution in [2.75, 3.05) is 13.1 Å². The molecule has 82 valence electrons. The summed E-state index contributed by atoms with van der Waals surface area (Å²) in [7, 11) is 0. The maximum Gasteiger partial charge on any atom is 0.0950 e. The molecule has 2 heterocycles. The van der Waals surface area contributed by atoms with Crippen LogP contribution in [0.5, 0.6) is 0 Å². The van der Waals surface area contributed by atoms with Gasteiger partial charge in [-0.3, -0.25) is 0 Å². The van der Waals surface area contributed by atoms with Gasteiger partial charge in [0, 0.05) is 23.9 Å². The summed E-state index contributed by atoms with van der Waals surface area (Å²) < 4.78 is 2.45. The molecule has 1 aliphatic carbocycles. The second kappa shape index (κ2) is 3.97. The van der Waals surface area contributed by atoms with E-state index < -0.39 is 0 Å². The fourth-order valence-electron chi connectivity index (χ4n) is 2.59. The molecule has 0 spiro atoms. The zero-order valence-corrected chi connectivity index (χ0v) is 9.15. The third-order valence-corrected chi connectivity index (χ3v) is 3.63. The molecule has 3 rings (SSSR count). The van der Waals surface area contributed by atoms with Crippen molar-refractivity contribution < 1.29 is 0 Å². The molecule has 3 heteroatoms. The first-order valence-corrected chi connectivity index (χ1v) is 6.17. The first kappa shape index (κ1) is 9.40. The lowest BCUT2D eigenvalue weighted by Crippen LogP contribution is -2.15. The molecular weight excluding hydrogens is 186 g/mol. The van der Waals surface area contributed by atoms with Gasteiger partial charge >= 0.3 is 0 Å². The lowest BCUT2D eigenvalue weighted by atomic mass is 10.1. The predicted molar refractivity (Wildman–Crippen MR) is 60.0 cm³/mol. The molecule has 2 fully saturated rings. The van der Waals surface area contributed by atoms with Gasteiger partial charge in [-0.1, -0.05) is 0 Å². The van der Waals surface area contributed by atoms with E-state index in [1.54, 1.807) is 0 Å². The molecule has 1 aliphatic heterocycles. The Labute approximate surface area is 90.9 Å². The van der Waals surface area contributed by atoms with Gasteiger partial charge in [0.05, 0.1) is 6.33 Å². The third-order valence-electron chi connectivity index (χ3n) is 3.63. The van der Waals surface area contributed by atoms with Crippen LogP contribution in [0.1, 0.15) is 49.8 Å². The minimum atomic E-state index is 0.693. The van der Waals surface area contributed by atoms with Crippen LogP contribution >= 0.6 is 0 Å². The topological polar surface area (TPSA) is 29.9 Å². The molecule has 1 unspecified atom stereocenters. The second-order valence-corrected chi connectivity index (χ2v) is 4.83. The van der Waals surface area contributed by atoms with Gasteiger partial charge in [0.2, 0.25) is 0 Å². The van der Waals surface area contributed by atoms with Gasteiger partial charge in [0.1, 0.15) is 0 Å². The van der Waals surface area contributed by atoms with E-state index >= 15 is 0 Å². The van der Waals surface area contributed by atoms with Crippen molar-refractivity contribution in [2.45, 2.75) is 44.1 Å². The summed E-state index contributed by atoms with van der Waals surface area (Å²) in [6.45, 7) is 2.34. The summed E-state index contributed by atoms with van der Waals surface area (Å²) >= 11 is 0. The molecule has 15 heavy (non-hydrogen) atoms. The molecule has 0 bridgehead atoms. The molecule has 0 amide bonds. The Hall–Kier alpha value is -0.830. The van der Waals surface area contributed by atoms with E-state index in [-0.39, 0.29) is 0 Å². The predicted octanol–water partition coefficient (Wildman–Crippen LogP) is 2.08. The van der Waals surface area contributed by atoms with Crippen LogP contribution < -0.4 is 5.32 Å². The quantitative estimate of drug-likeness (QED) is 0.801. The largest absolute Gasteiger partial charge is 0.331 e. The Bertz CT molecular complexity index is 319. The van der Waals surface area contributed by atoms with Crippen molar-refractivity contribution in [1.29, 1.82) is 0 Å². The average Bonchev–Trinajstić information content (AvgIpc) is 3.04. The zero-order chi connectivity index (χ0) is 10.1. The fourth-order valence-corrected chi connectivity index (χ4v) is 2.59. The van der Waals surface area contributed by atoms with Gasteiger partial charge in [-0.15, -0.1) is 0 Å². The Morgan fingerprint density at radius 1 is 1.20 bits per heavy atom. The van der Waals surface area contributed by atoms with Crippen LogP contribution in [-0.4, -0.2) is 22.6 Å². The lowest BCUT2D eigenvalue weighted by Gasteiger charge is -2.18. The summed E-state index contributed by atoms with van der Waals surface area (Å²) in [5, 5.41) is 3.47. The normalized spacial score (nSPS) is 27.6. The molecule has 3 nitrogen and oxygen atoms in total. The van der Waals surface area contributed by atoms with Crippen LogP contribution in [0.15, 0.2) is 12.5 Å². The van der Waals surface area contributed by atoms with E-state index in [9.17, 15) is 0 Å². The van der Waals surface area contributed by atoms with E-state index in [0.29, 0.717) is 6.04 Å². The number of aromatic nitrogens is 2. The van der Waals surface area contributed by atoms with Crippen LogP contribution in [0.4, 0.5) is 0 Å². The molecule has 1 saturated carbocycles. The SMILES string of the molecule is c1ncn(C2CCCNCC2)c1C1CC1. The van der Waals surface area contributed by atoms with E-state index in [1.165, 1.54) is 44.3 Å². The number of hydrogen-bond donors (Lipinski definition) is 1. The van der Waals surface area contributed by atoms with Crippen molar-refractivity contribution in [3.05, 3.63) is 18.2 Å². The zero-order valence-electron chi connectivity index (χ0n) is 9.15. The van der Waals surface area contributed by atoms with Crippen LogP contribution in [0.2, 0.25) is 0 Å². The van der Waals surface area contributed by atoms with Crippen molar-refractivity contribution >= 4 is 0 Å². The molecule has 0 radical (unpaired) electrons. The van der Waals surface area contributed by atoms with Crippen molar-refractivity contribution in [2.24, 2.45) is 0 Å². The lowest BCUT2D eigenvalue weighted by molar-refractivity contribution is 0.441. The number of rotatable bonds is 2. The highest BCUT2D eigenvalue weighted by molar-refractivity contribution is 5.13. The van der Waals surface area contributed by atoms with E-state index in [2.05, 4.69) is 21.1 Å². The maximum atomic E-state index is 4.33. The van der Waals surface area contributed by atoms with Gasteiger partial charge in [-0.25, -0.2) is 4.98 Å². The van der Waals surface area contributed by atoms with E-state index in [1.807, 2.05) is 6.33 Å². The van der Waals surface area contributed by atoms with Crippen molar-refractivity contribution in [3.8, 4) is 0 Å². The smallest absolute Gasteiger partial charge is 0.0950 e. The summed E-state index contributed by atoms with van der Waals surface area (Å²) in [6, 6.07) is 0.693. The second-order valence-electron chi connectivity index (χ2n) is 4.83. The van der Waals surface area contributed by atoms with Gasteiger partial charge in [-0.2, -0.15) is 0 Å². The molecule has 1 atom stereocenters. The van der Waals surface area contributed by atoms with Crippen LogP contribution in [-0.2, 0) is 0 Å². The van der Waals surface area contributed by atoms with E-state index in [4.69, 9.17) is 0 Å². The van der Waals surface area contributed by atoms with Gasteiger partial charge in [0.25, 0.3) is 0 Å². The monoisotopic (exact) mass is 205 g/mol. The first-order chi connectivity index (χ1) is 7.45. The van der Waals surface area contributed by atoms with Crippen LogP contribution in [0.3, 0.4) is 0 Å². The molecule has 1 aromatic heterocycles. The number of hydrogen-bond acceptors (Lipinski definition) is 2. The number of nitrogens with one attached hydrogen (secondary N) is 1. The highest BCUT2D eigenvalue weighted by Gasteiger charge is 2.28. The maximum absolute atomic E-state index is 4.33. The minimum Gasteiger partial charge on any atom is -0.331 e. The minimum absolute atomic E-state index is 0.693. The molecule has 2 aliphatic rings. The number of nitrogens with zero attached hydrogens (tertiary/aromatic N) is 2. The molecule has 1 saturated heterocycles. The third kappa shape index (κ3) is 1.93. The summed E-state index contributed by atoms with van der Waals surface area (Å²) in [5.74, 6) is 0.823. The van der Waals surface area contributed by atoms with Gasteiger partial charge in [0.15, 0.2) is 0 Å². The highest BCUT2D eigenvalue weighted by Crippen LogP contribution is 2.41. The Kier molecular flexibility index (Phi) is 2.49. The molecule has 1 aromatic rings. The molecule has 1 N–H and O–H groups in total. The number of imidazole rings is 1. The van der Waals surface area contributed by atoms with Crippen LogP contribution in [0, 0.1) is 0 Å². The standard InChI is InChI=1S/C12H19N3/c1-2-11(5-7-13-6-1)15-9-14-8-12(15)10-3-4-10/h8-11,13H,1-7H2. The first-order valence-electron chi connectivity index (χ1n) is 6.17. The summed E-state index contributed by atoms with van der Waals surface area (Å²) in [6.07, 6.45) is 10.7. The summed E-state index contributed by atoms with van der Waals surface area (Å²) in [5.41, 5.74) is 1.49. The van der Waals surface area contributed by atoms with E-state index in [0.717, 1.165) is 12.5 Å². The average molecular weight is 205 g/mol. The van der Waals surface area contributed by atoms with Crippen molar-refractivity contribution in [3.63, 3.8) is 0 Å². The highest BCUT2D eigenvalue weighted by atomic mass is 15.1. The summed E-state index contributed by atoms with van der Waals surface area (Å²) in [4.78, 5) is 4.33. The van der Waals surface area contributed by atoms with Gasteiger partial charge < -0.3 is 9.88 Å². The molecular formula is C12H19N3. The Balaban J connectivity index is 1.80. The van der Waals surface area contributed by atoms with Crippen LogP contribution in [0.25, 0.3) is 0 Å². The Morgan fingerprint density at radius 3 is 3.00 bits per heavy atom. The fraction of sp³-hybridized carbons (Fsp3) is 0.750. The molecule has 0 aromatic carbocycles. The van der Waals surface area contributed by atoms with Gasteiger partial charge in [-0.05, 0) is 45.2 Å². The van der Waals surface area contributed by atoms with Crippen molar-refractivity contribution in [1.82, 2.24) is 14.9 Å².